The Kier molecular flexibility index (Phi) is 6.82. The second-order valence-corrected chi connectivity index (χ2v) is 5.90. The van der Waals surface area contributed by atoms with Crippen molar-refractivity contribution in [3.63, 3.8) is 0 Å². The highest BCUT2D eigenvalue weighted by atomic mass is 16.5. The molecule has 0 bridgehead atoms. The maximum absolute atomic E-state index is 12.4. The van der Waals surface area contributed by atoms with E-state index in [4.69, 9.17) is 5.73 Å². The fourth-order valence-corrected chi connectivity index (χ4v) is 2.41. The molecule has 2 aromatic rings. The summed E-state index contributed by atoms with van der Waals surface area (Å²) in [5, 5.41) is 2.43. The summed E-state index contributed by atoms with van der Waals surface area (Å²) in [5.74, 6) is -2.04. The van der Waals surface area contributed by atoms with E-state index in [1.54, 1.807) is 48.5 Å². The van der Waals surface area contributed by atoms with Crippen LogP contribution in [0.15, 0.2) is 54.6 Å². The van der Waals surface area contributed by atoms with Crippen molar-refractivity contribution in [2.75, 3.05) is 6.61 Å². The molecule has 7 nitrogen and oxygen atoms in total. The number of carbonyl (C=O) groups is 4. The van der Waals surface area contributed by atoms with E-state index in [1.165, 1.54) is 6.92 Å². The summed E-state index contributed by atoms with van der Waals surface area (Å²) in [6.45, 7) is 0.695. The second kappa shape index (κ2) is 9.28. The molecule has 2 amide bonds. The van der Waals surface area contributed by atoms with Crippen LogP contribution in [0.3, 0.4) is 0 Å². The Bertz CT molecular complexity index is 831. The Morgan fingerprint density at radius 2 is 1.56 bits per heavy atom. The van der Waals surface area contributed by atoms with Crippen LogP contribution in [0.25, 0.3) is 0 Å². The summed E-state index contributed by atoms with van der Waals surface area (Å²) in [6, 6.07) is 14.6. The molecule has 0 aliphatic rings. The number of amides is 2. The molecule has 3 N–H and O–H groups in total. The number of rotatable bonds is 8. The van der Waals surface area contributed by atoms with Crippen molar-refractivity contribution in [2.24, 2.45) is 5.73 Å². The highest BCUT2D eigenvalue weighted by Gasteiger charge is 2.19. The molecule has 0 heterocycles. The third-order valence-corrected chi connectivity index (χ3v) is 3.78. The minimum absolute atomic E-state index is 0.108. The molecule has 0 aromatic heterocycles. The smallest absolute Gasteiger partial charge is 0.303 e. The van der Waals surface area contributed by atoms with Crippen molar-refractivity contribution in [3.8, 4) is 0 Å². The number of hydrogen-bond acceptors (Lipinski definition) is 5. The lowest BCUT2D eigenvalue weighted by molar-refractivity contribution is -0.146. The van der Waals surface area contributed by atoms with Crippen LogP contribution < -0.4 is 11.1 Å². The van der Waals surface area contributed by atoms with Gasteiger partial charge in [-0.3, -0.25) is 19.2 Å². The summed E-state index contributed by atoms with van der Waals surface area (Å²) >= 11 is 0. The lowest BCUT2D eigenvalue weighted by atomic mass is 9.99. The predicted octanol–water partition coefficient (Wildman–Crippen LogP) is 0.993. The Morgan fingerprint density at radius 3 is 2.11 bits per heavy atom. The Hall–Kier alpha value is -3.48. The van der Waals surface area contributed by atoms with E-state index < -0.39 is 30.4 Å². The Morgan fingerprint density at radius 1 is 0.963 bits per heavy atom. The molecule has 0 saturated heterocycles. The molecule has 1 atom stereocenters. The van der Waals surface area contributed by atoms with Gasteiger partial charge in [-0.05, 0) is 5.56 Å². The fourth-order valence-electron chi connectivity index (χ4n) is 2.41. The summed E-state index contributed by atoms with van der Waals surface area (Å²) in [5.41, 5.74) is 7.14. The molecule has 140 valence electrons. The molecule has 0 aliphatic carbocycles. The normalized spacial score (nSPS) is 11.3. The van der Waals surface area contributed by atoms with Gasteiger partial charge in [0.1, 0.15) is 6.04 Å². The van der Waals surface area contributed by atoms with Gasteiger partial charge in [0.05, 0.1) is 0 Å². The van der Waals surface area contributed by atoms with Crippen molar-refractivity contribution >= 4 is 23.6 Å². The number of primary amides is 1. The van der Waals surface area contributed by atoms with E-state index in [0.29, 0.717) is 11.1 Å². The maximum Gasteiger partial charge on any atom is 0.303 e. The largest absolute Gasteiger partial charge is 0.456 e. The molecule has 0 saturated carbocycles. The topological polar surface area (TPSA) is 116 Å². The average molecular weight is 368 g/mol. The quantitative estimate of drug-likeness (QED) is 0.533. The van der Waals surface area contributed by atoms with Crippen molar-refractivity contribution in [1.82, 2.24) is 5.32 Å². The zero-order valence-electron chi connectivity index (χ0n) is 14.8. The molecule has 7 heteroatoms. The standard InChI is InChI=1S/C20H20N2O5/c1-13(23)27-12-18(24)22-17(20(21)26)11-14-7-9-16(10-8-14)19(25)15-5-3-2-4-6-15/h2-10,17H,11-12H2,1H3,(H2,21,26)(H,22,24)/t17-/m0/s1. The van der Waals surface area contributed by atoms with Gasteiger partial charge in [-0.25, -0.2) is 0 Å². The van der Waals surface area contributed by atoms with Crippen molar-refractivity contribution in [1.29, 1.82) is 0 Å². The van der Waals surface area contributed by atoms with Gasteiger partial charge in [0, 0.05) is 24.5 Å². The first-order valence-electron chi connectivity index (χ1n) is 8.27. The van der Waals surface area contributed by atoms with Gasteiger partial charge in [-0.2, -0.15) is 0 Å². The zero-order valence-corrected chi connectivity index (χ0v) is 14.8. The number of ketones is 1. The third kappa shape index (κ3) is 6.07. The van der Waals surface area contributed by atoms with Crippen molar-refractivity contribution in [2.45, 2.75) is 19.4 Å². The number of esters is 1. The molecule has 0 unspecified atom stereocenters. The maximum atomic E-state index is 12.4. The molecule has 2 rings (SSSR count). The van der Waals surface area contributed by atoms with Crippen molar-refractivity contribution in [3.05, 3.63) is 71.3 Å². The Labute approximate surface area is 156 Å². The van der Waals surface area contributed by atoms with Gasteiger partial charge in [0.15, 0.2) is 12.4 Å². The minimum Gasteiger partial charge on any atom is -0.456 e. The highest BCUT2D eigenvalue weighted by Crippen LogP contribution is 2.12. The molecule has 0 radical (unpaired) electrons. The lowest BCUT2D eigenvalue weighted by Crippen LogP contribution is -2.47. The molecule has 2 aromatic carbocycles. The number of nitrogens with two attached hydrogens (primary N) is 1. The van der Waals surface area contributed by atoms with Crippen LogP contribution in [0.5, 0.6) is 0 Å². The SMILES string of the molecule is CC(=O)OCC(=O)N[C@@H](Cc1ccc(C(=O)c2ccccc2)cc1)C(N)=O. The number of carbonyl (C=O) groups excluding carboxylic acids is 4. The molecular weight excluding hydrogens is 348 g/mol. The van der Waals surface area contributed by atoms with E-state index in [-0.39, 0.29) is 12.2 Å². The monoisotopic (exact) mass is 368 g/mol. The van der Waals surface area contributed by atoms with Gasteiger partial charge in [-0.1, -0.05) is 54.6 Å². The van der Waals surface area contributed by atoms with Gasteiger partial charge >= 0.3 is 5.97 Å². The van der Waals surface area contributed by atoms with Crippen LogP contribution in [0.2, 0.25) is 0 Å². The molecular formula is C20H20N2O5. The number of hydrogen-bond donors (Lipinski definition) is 2. The Balaban J connectivity index is 2.02. The summed E-state index contributed by atoms with van der Waals surface area (Å²) in [6.07, 6.45) is 0.154. The molecule has 0 aliphatic heterocycles. The molecule has 0 fully saturated rings. The van der Waals surface area contributed by atoms with Gasteiger partial charge in [0.25, 0.3) is 5.91 Å². The summed E-state index contributed by atoms with van der Waals surface area (Å²) < 4.78 is 4.58. The van der Waals surface area contributed by atoms with Crippen molar-refractivity contribution < 1.29 is 23.9 Å². The van der Waals surface area contributed by atoms with Gasteiger partial charge in [0.2, 0.25) is 5.91 Å². The highest BCUT2D eigenvalue weighted by molar-refractivity contribution is 6.08. The van der Waals surface area contributed by atoms with E-state index in [9.17, 15) is 19.2 Å². The van der Waals surface area contributed by atoms with Crippen LogP contribution in [-0.2, 0) is 25.5 Å². The first-order valence-corrected chi connectivity index (χ1v) is 8.27. The molecule has 0 spiro atoms. The number of benzene rings is 2. The fraction of sp³-hybridized carbons (Fsp3) is 0.200. The third-order valence-electron chi connectivity index (χ3n) is 3.78. The minimum atomic E-state index is -0.955. The van der Waals surface area contributed by atoms with Crippen LogP contribution in [0, 0.1) is 0 Å². The number of nitrogens with one attached hydrogen (secondary N) is 1. The van der Waals surface area contributed by atoms with Crippen LogP contribution in [-0.4, -0.2) is 36.2 Å². The van der Waals surface area contributed by atoms with E-state index in [0.717, 1.165) is 5.56 Å². The van der Waals surface area contributed by atoms with Crippen LogP contribution in [0.4, 0.5) is 0 Å². The first-order chi connectivity index (χ1) is 12.9. The molecule has 27 heavy (non-hydrogen) atoms. The number of ether oxygens (including phenoxy) is 1. The van der Waals surface area contributed by atoms with Crippen LogP contribution >= 0.6 is 0 Å². The predicted molar refractivity (Wildman–Crippen MR) is 97.8 cm³/mol. The van der Waals surface area contributed by atoms with Gasteiger partial charge in [-0.15, -0.1) is 0 Å². The zero-order chi connectivity index (χ0) is 19.8. The van der Waals surface area contributed by atoms with Crippen LogP contribution in [0.1, 0.15) is 28.4 Å². The van der Waals surface area contributed by atoms with E-state index in [2.05, 4.69) is 10.1 Å². The van der Waals surface area contributed by atoms with E-state index in [1.807, 2.05) is 6.07 Å². The summed E-state index contributed by atoms with van der Waals surface area (Å²) in [7, 11) is 0. The van der Waals surface area contributed by atoms with E-state index >= 15 is 0 Å². The lowest BCUT2D eigenvalue weighted by Gasteiger charge is -2.15. The first kappa shape index (κ1) is 19.8. The summed E-state index contributed by atoms with van der Waals surface area (Å²) in [4.78, 5) is 46.4. The average Bonchev–Trinajstić information content (AvgIpc) is 2.66. The van der Waals surface area contributed by atoms with Gasteiger partial charge < -0.3 is 15.8 Å². The second-order valence-electron chi connectivity index (χ2n) is 5.90.